The summed E-state index contributed by atoms with van der Waals surface area (Å²) in [7, 11) is 0. The van der Waals surface area contributed by atoms with Crippen LogP contribution in [0.15, 0.2) is 23.0 Å². The zero-order valence-electron chi connectivity index (χ0n) is 13.9. The average molecular weight is 350 g/mol. The molecule has 7 heteroatoms. The van der Waals surface area contributed by atoms with Gasteiger partial charge in [0.15, 0.2) is 0 Å². The van der Waals surface area contributed by atoms with Gasteiger partial charge >= 0.3 is 0 Å². The fraction of sp³-hybridized carbons (Fsp3) is 0.353. The number of carbonyl (C=O) groups is 1. The molecule has 24 heavy (non-hydrogen) atoms. The Balaban J connectivity index is 2.52. The van der Waals surface area contributed by atoms with Crippen molar-refractivity contribution >= 4 is 23.2 Å². The minimum Gasteiger partial charge on any atom is -0.493 e. The number of hydrogen-bond acceptors (Lipinski definition) is 4. The summed E-state index contributed by atoms with van der Waals surface area (Å²) < 4.78 is 5.74. The highest BCUT2D eigenvalue weighted by molar-refractivity contribution is 6.29. The highest BCUT2D eigenvalue weighted by atomic mass is 35.5. The normalized spacial score (nSPS) is 10.5. The Morgan fingerprint density at radius 3 is 2.75 bits per heavy atom. The number of aromatic amines is 1. The lowest BCUT2D eigenvalue weighted by atomic mass is 10.1. The van der Waals surface area contributed by atoms with E-state index in [1.807, 2.05) is 6.92 Å². The van der Waals surface area contributed by atoms with Crippen LogP contribution < -0.4 is 15.6 Å². The molecular formula is C17H20ClN3O3. The minimum absolute atomic E-state index is 0.137. The summed E-state index contributed by atoms with van der Waals surface area (Å²) in [6.45, 7) is 6.04. The number of anilines is 1. The summed E-state index contributed by atoms with van der Waals surface area (Å²) in [4.78, 5) is 30.7. The van der Waals surface area contributed by atoms with Gasteiger partial charge in [0.05, 0.1) is 12.2 Å². The van der Waals surface area contributed by atoms with Gasteiger partial charge in [0, 0.05) is 16.9 Å². The van der Waals surface area contributed by atoms with Crippen molar-refractivity contribution in [2.45, 2.75) is 27.2 Å². The summed E-state index contributed by atoms with van der Waals surface area (Å²) >= 11 is 5.52. The molecule has 128 valence electrons. The molecule has 0 spiro atoms. The third-order valence-electron chi connectivity index (χ3n) is 3.50. The van der Waals surface area contributed by atoms with E-state index in [1.165, 1.54) is 0 Å². The van der Waals surface area contributed by atoms with Crippen molar-refractivity contribution in [2.24, 2.45) is 0 Å². The van der Waals surface area contributed by atoms with Gasteiger partial charge in [0.1, 0.15) is 17.5 Å². The van der Waals surface area contributed by atoms with Crippen LogP contribution in [0, 0.1) is 13.8 Å². The van der Waals surface area contributed by atoms with Crippen molar-refractivity contribution in [1.82, 2.24) is 9.97 Å². The topological polar surface area (TPSA) is 84.1 Å². The molecule has 0 atom stereocenters. The molecule has 0 saturated heterocycles. The van der Waals surface area contributed by atoms with Gasteiger partial charge in [-0.2, -0.15) is 0 Å². The summed E-state index contributed by atoms with van der Waals surface area (Å²) in [5.74, 6) is 0.539. The van der Waals surface area contributed by atoms with E-state index in [2.05, 4.69) is 15.3 Å². The molecule has 1 heterocycles. The quantitative estimate of drug-likeness (QED) is 0.785. The average Bonchev–Trinajstić information content (AvgIpc) is 2.57. The van der Waals surface area contributed by atoms with Gasteiger partial charge in [-0.25, -0.2) is 4.98 Å². The monoisotopic (exact) mass is 349 g/mol. The number of nitrogens with one attached hydrogen (secondary N) is 2. The highest BCUT2D eigenvalue weighted by Gasteiger charge is 2.13. The number of benzene rings is 1. The van der Waals surface area contributed by atoms with E-state index in [0.29, 0.717) is 40.7 Å². The fourth-order valence-electron chi connectivity index (χ4n) is 2.10. The van der Waals surface area contributed by atoms with Crippen molar-refractivity contribution in [1.29, 1.82) is 0 Å². The van der Waals surface area contributed by atoms with Crippen LogP contribution in [0.4, 0.5) is 5.69 Å². The van der Waals surface area contributed by atoms with Crippen molar-refractivity contribution in [3.8, 4) is 17.1 Å². The van der Waals surface area contributed by atoms with Crippen molar-refractivity contribution < 1.29 is 9.53 Å². The molecule has 0 bridgehead atoms. The van der Waals surface area contributed by atoms with Crippen molar-refractivity contribution in [2.75, 3.05) is 17.8 Å². The Morgan fingerprint density at radius 1 is 1.38 bits per heavy atom. The predicted octanol–water partition coefficient (Wildman–Crippen LogP) is 3.02. The molecule has 1 aromatic heterocycles. The van der Waals surface area contributed by atoms with Gasteiger partial charge in [0.2, 0.25) is 5.91 Å². The van der Waals surface area contributed by atoms with Crippen LogP contribution in [0.25, 0.3) is 11.4 Å². The van der Waals surface area contributed by atoms with Crippen LogP contribution in [0.1, 0.15) is 24.6 Å². The smallest absolute Gasteiger partial charge is 0.254 e. The maximum Gasteiger partial charge on any atom is 0.254 e. The van der Waals surface area contributed by atoms with Gasteiger partial charge in [-0.05, 0) is 38.5 Å². The standard InChI is InChI=1S/C17H20ClN3O3/c1-4-7-24-14-6-5-12(20-15(22)9-18)8-13(14)16-19-11(3)10(2)17(23)21-16/h5-6,8H,4,7,9H2,1-3H3,(H,20,22)(H,19,21,23). The van der Waals surface area contributed by atoms with Crippen LogP contribution in [0.5, 0.6) is 5.75 Å². The number of aryl methyl sites for hydroxylation is 1. The van der Waals surface area contributed by atoms with Gasteiger partial charge in [-0.1, -0.05) is 6.92 Å². The number of rotatable bonds is 6. The number of aromatic nitrogens is 2. The number of nitrogens with zero attached hydrogens (tertiary/aromatic N) is 1. The van der Waals surface area contributed by atoms with Gasteiger partial charge in [-0.3, -0.25) is 9.59 Å². The van der Waals surface area contributed by atoms with Crippen molar-refractivity contribution in [3.63, 3.8) is 0 Å². The molecule has 0 aliphatic rings. The highest BCUT2D eigenvalue weighted by Crippen LogP contribution is 2.30. The Kier molecular flexibility index (Phi) is 5.98. The molecule has 1 amide bonds. The first-order valence-electron chi connectivity index (χ1n) is 7.66. The lowest BCUT2D eigenvalue weighted by Crippen LogP contribution is -2.15. The lowest BCUT2D eigenvalue weighted by Gasteiger charge is -2.13. The fourth-order valence-corrected chi connectivity index (χ4v) is 2.16. The van der Waals surface area contributed by atoms with Crippen LogP contribution in [-0.2, 0) is 4.79 Å². The zero-order valence-corrected chi connectivity index (χ0v) is 14.7. The number of ether oxygens (including phenoxy) is 1. The molecule has 2 aromatic rings. The van der Waals surface area contributed by atoms with Crippen LogP contribution in [0.3, 0.4) is 0 Å². The SMILES string of the molecule is CCCOc1ccc(NC(=O)CCl)cc1-c1nc(C)c(C)c(=O)[nH]1. The van der Waals surface area contributed by atoms with Crippen LogP contribution >= 0.6 is 11.6 Å². The molecule has 0 saturated carbocycles. The number of amides is 1. The first-order chi connectivity index (χ1) is 11.5. The number of hydrogen-bond donors (Lipinski definition) is 2. The van der Waals surface area contributed by atoms with Crippen LogP contribution in [0.2, 0.25) is 0 Å². The number of H-pyrrole nitrogens is 1. The van der Waals surface area contributed by atoms with E-state index < -0.39 is 0 Å². The van der Waals surface area contributed by atoms with E-state index in [-0.39, 0.29) is 17.3 Å². The Labute approximate surface area is 145 Å². The first-order valence-corrected chi connectivity index (χ1v) is 8.20. The number of alkyl halides is 1. The minimum atomic E-state index is -0.314. The van der Waals surface area contributed by atoms with Gasteiger partial charge in [0.25, 0.3) is 5.56 Å². The lowest BCUT2D eigenvalue weighted by molar-refractivity contribution is -0.113. The molecule has 0 fully saturated rings. The Bertz CT molecular complexity index is 802. The second-order valence-electron chi connectivity index (χ2n) is 5.37. The third-order valence-corrected chi connectivity index (χ3v) is 3.74. The number of halogens is 1. The predicted molar refractivity (Wildman–Crippen MR) is 94.9 cm³/mol. The first kappa shape index (κ1) is 18.0. The second kappa shape index (κ2) is 7.97. The molecular weight excluding hydrogens is 330 g/mol. The molecule has 0 aliphatic heterocycles. The van der Waals surface area contributed by atoms with E-state index in [9.17, 15) is 9.59 Å². The summed E-state index contributed by atoms with van der Waals surface area (Å²) in [5.41, 5.74) is 2.18. The molecule has 2 rings (SSSR count). The molecule has 0 unspecified atom stereocenters. The summed E-state index contributed by atoms with van der Waals surface area (Å²) in [6.07, 6.45) is 0.848. The third kappa shape index (κ3) is 4.14. The molecule has 2 N–H and O–H groups in total. The maximum absolute atomic E-state index is 12.0. The van der Waals surface area contributed by atoms with Gasteiger partial charge in [-0.15, -0.1) is 11.6 Å². The van der Waals surface area contributed by atoms with Crippen molar-refractivity contribution in [3.05, 3.63) is 39.8 Å². The van der Waals surface area contributed by atoms with E-state index >= 15 is 0 Å². The van der Waals surface area contributed by atoms with E-state index in [1.54, 1.807) is 32.0 Å². The largest absolute Gasteiger partial charge is 0.493 e. The molecule has 6 nitrogen and oxygen atoms in total. The number of carbonyl (C=O) groups excluding carboxylic acids is 1. The molecule has 0 radical (unpaired) electrons. The Morgan fingerprint density at radius 2 is 2.12 bits per heavy atom. The molecule has 0 aliphatic carbocycles. The van der Waals surface area contributed by atoms with Gasteiger partial charge < -0.3 is 15.0 Å². The van der Waals surface area contributed by atoms with E-state index in [4.69, 9.17) is 16.3 Å². The zero-order chi connectivity index (χ0) is 17.7. The van der Waals surface area contributed by atoms with Crippen LogP contribution in [-0.4, -0.2) is 28.4 Å². The summed E-state index contributed by atoms with van der Waals surface area (Å²) in [6, 6.07) is 5.17. The molecule has 1 aromatic carbocycles. The Hall–Kier alpha value is -2.34. The second-order valence-corrected chi connectivity index (χ2v) is 5.63. The maximum atomic E-state index is 12.0. The van der Waals surface area contributed by atoms with E-state index in [0.717, 1.165) is 6.42 Å². The summed E-state index contributed by atoms with van der Waals surface area (Å²) in [5, 5.41) is 2.68.